The second-order valence-corrected chi connectivity index (χ2v) is 5.39. The van der Waals surface area contributed by atoms with Gasteiger partial charge in [-0.3, -0.25) is 10.1 Å². The van der Waals surface area contributed by atoms with Crippen molar-refractivity contribution >= 4 is 5.69 Å². The van der Waals surface area contributed by atoms with Gasteiger partial charge in [0.1, 0.15) is 0 Å². The van der Waals surface area contributed by atoms with Crippen LogP contribution in [0, 0.1) is 21.4 Å². The van der Waals surface area contributed by atoms with Gasteiger partial charge >= 0.3 is 0 Å². The van der Waals surface area contributed by atoms with Gasteiger partial charge < -0.3 is 0 Å². The largest absolute Gasteiger partial charge is 0.270 e. The van der Waals surface area contributed by atoms with Crippen LogP contribution in [0.15, 0.2) is 78.9 Å². The third-order valence-electron chi connectivity index (χ3n) is 3.94. The van der Waals surface area contributed by atoms with Crippen LogP contribution in [-0.2, 0) is 0 Å². The van der Waals surface area contributed by atoms with Crippen LogP contribution in [0.4, 0.5) is 5.69 Å². The van der Waals surface area contributed by atoms with E-state index in [1.165, 1.54) is 12.1 Å². The van der Waals surface area contributed by atoms with Gasteiger partial charge in [-0.15, -0.1) is 0 Å². The summed E-state index contributed by atoms with van der Waals surface area (Å²) in [5, 5.41) is 20.5. The summed E-state index contributed by atoms with van der Waals surface area (Å²) in [4.78, 5) is 10.5. The number of hydrogen-bond donors (Lipinski definition) is 0. The highest BCUT2D eigenvalue weighted by Gasteiger charge is 2.21. The molecule has 0 saturated carbocycles. The van der Waals surface area contributed by atoms with Crippen LogP contribution in [-0.4, -0.2) is 4.92 Å². The lowest BCUT2D eigenvalue weighted by Gasteiger charge is -2.19. The Morgan fingerprint density at radius 3 is 1.88 bits per heavy atom. The molecule has 3 rings (SSSR count). The Balaban J connectivity index is 2.21. The molecule has 4 nitrogen and oxygen atoms in total. The van der Waals surface area contributed by atoms with E-state index < -0.39 is 4.92 Å². The highest BCUT2D eigenvalue weighted by atomic mass is 16.6. The van der Waals surface area contributed by atoms with Gasteiger partial charge in [0.25, 0.3) is 5.69 Å². The highest BCUT2D eigenvalue weighted by Crippen LogP contribution is 2.34. The maximum atomic E-state index is 11.0. The second-order valence-electron chi connectivity index (χ2n) is 5.39. The number of benzene rings is 3. The van der Waals surface area contributed by atoms with Crippen molar-refractivity contribution < 1.29 is 4.92 Å². The van der Waals surface area contributed by atoms with Crippen LogP contribution < -0.4 is 0 Å². The van der Waals surface area contributed by atoms with E-state index in [1.54, 1.807) is 6.07 Å². The number of rotatable bonds is 4. The zero-order chi connectivity index (χ0) is 16.9. The molecule has 0 aliphatic rings. The van der Waals surface area contributed by atoms with Crippen LogP contribution in [0.5, 0.6) is 0 Å². The molecule has 0 heterocycles. The van der Waals surface area contributed by atoms with Crippen molar-refractivity contribution in [3.63, 3.8) is 0 Å². The first-order valence-electron chi connectivity index (χ1n) is 7.49. The number of nitro benzene ring substituents is 1. The van der Waals surface area contributed by atoms with Crippen LogP contribution in [0.1, 0.15) is 28.2 Å². The Labute approximate surface area is 139 Å². The van der Waals surface area contributed by atoms with Crippen LogP contribution >= 0.6 is 0 Å². The number of nitriles is 1. The van der Waals surface area contributed by atoms with Gasteiger partial charge in [0.15, 0.2) is 0 Å². The lowest BCUT2D eigenvalue weighted by molar-refractivity contribution is -0.384. The molecule has 4 heteroatoms. The summed E-state index contributed by atoms with van der Waals surface area (Å²) in [5.74, 6) is -0.150. The maximum Gasteiger partial charge on any atom is 0.270 e. The minimum Gasteiger partial charge on any atom is -0.258 e. The molecule has 0 amide bonds. The molecule has 0 fully saturated rings. The third kappa shape index (κ3) is 3.01. The molecule has 0 aromatic heterocycles. The lowest BCUT2D eigenvalue weighted by Crippen LogP contribution is -2.06. The van der Waals surface area contributed by atoms with Gasteiger partial charge in [0, 0.05) is 18.1 Å². The summed E-state index contributed by atoms with van der Waals surface area (Å²) in [6.07, 6.45) is 0. The molecule has 0 spiro atoms. The lowest BCUT2D eigenvalue weighted by atomic mass is 9.83. The molecule has 116 valence electrons. The van der Waals surface area contributed by atoms with Crippen molar-refractivity contribution in [2.24, 2.45) is 0 Å². The summed E-state index contributed by atoms with van der Waals surface area (Å²) in [5.41, 5.74) is 3.08. The van der Waals surface area contributed by atoms with E-state index in [0.717, 1.165) is 16.7 Å². The van der Waals surface area contributed by atoms with E-state index >= 15 is 0 Å². The number of hydrogen-bond acceptors (Lipinski definition) is 3. The molecular weight excluding hydrogens is 300 g/mol. The van der Waals surface area contributed by atoms with E-state index in [0.29, 0.717) is 5.56 Å². The Bertz CT molecular complexity index is 860. The van der Waals surface area contributed by atoms with Crippen molar-refractivity contribution in [2.45, 2.75) is 5.92 Å². The Morgan fingerprint density at radius 2 is 1.42 bits per heavy atom. The zero-order valence-corrected chi connectivity index (χ0v) is 12.8. The summed E-state index contributed by atoms with van der Waals surface area (Å²) in [7, 11) is 0. The fraction of sp³-hybridized carbons (Fsp3) is 0.0500. The van der Waals surface area contributed by atoms with Crippen LogP contribution in [0.3, 0.4) is 0 Å². The molecule has 3 aromatic rings. The Kier molecular flexibility index (Phi) is 4.35. The van der Waals surface area contributed by atoms with Crippen LogP contribution in [0.25, 0.3) is 0 Å². The minimum absolute atomic E-state index is 0.0739. The fourth-order valence-corrected chi connectivity index (χ4v) is 2.85. The standard InChI is InChI=1S/C20H14N2O2/c21-14-17-13-18(22(23)24)11-12-19(17)20(15-7-3-1-4-8-15)16-9-5-2-6-10-16/h1-13,20H. The normalized spacial score (nSPS) is 10.3. The van der Waals surface area contributed by atoms with E-state index in [-0.39, 0.29) is 11.6 Å². The van der Waals surface area contributed by atoms with Crippen molar-refractivity contribution in [3.8, 4) is 6.07 Å². The predicted octanol–water partition coefficient (Wildman–Crippen LogP) is 4.65. The van der Waals surface area contributed by atoms with Gasteiger partial charge in [0.2, 0.25) is 0 Å². The molecular formula is C20H14N2O2. The van der Waals surface area contributed by atoms with Crippen LogP contribution in [0.2, 0.25) is 0 Å². The molecule has 0 unspecified atom stereocenters. The molecule has 0 bridgehead atoms. The molecule has 3 aromatic carbocycles. The first-order valence-corrected chi connectivity index (χ1v) is 7.49. The quantitative estimate of drug-likeness (QED) is 0.400. The molecule has 24 heavy (non-hydrogen) atoms. The van der Waals surface area contributed by atoms with Gasteiger partial charge in [-0.25, -0.2) is 0 Å². The molecule has 0 saturated heterocycles. The van der Waals surface area contributed by atoms with Crippen molar-refractivity contribution in [1.82, 2.24) is 0 Å². The van der Waals surface area contributed by atoms with Crippen molar-refractivity contribution in [2.75, 3.05) is 0 Å². The summed E-state index contributed by atoms with van der Waals surface area (Å²) >= 11 is 0. The van der Waals surface area contributed by atoms with Gasteiger partial charge in [0.05, 0.1) is 16.6 Å². The number of non-ortho nitro benzene ring substituents is 1. The van der Waals surface area contributed by atoms with E-state index in [9.17, 15) is 15.4 Å². The molecule has 0 aliphatic carbocycles. The molecule has 0 N–H and O–H groups in total. The minimum atomic E-state index is -0.481. The number of nitrogens with zero attached hydrogens (tertiary/aromatic N) is 2. The van der Waals surface area contributed by atoms with Crippen molar-refractivity contribution in [3.05, 3.63) is 111 Å². The monoisotopic (exact) mass is 314 g/mol. The first kappa shape index (κ1) is 15.4. The van der Waals surface area contributed by atoms with E-state index in [4.69, 9.17) is 0 Å². The highest BCUT2D eigenvalue weighted by molar-refractivity contribution is 5.54. The molecule has 0 aliphatic heterocycles. The molecule has 0 radical (unpaired) electrons. The Morgan fingerprint density at radius 1 is 0.875 bits per heavy atom. The maximum absolute atomic E-state index is 11.0. The zero-order valence-electron chi connectivity index (χ0n) is 12.8. The first-order chi connectivity index (χ1) is 11.7. The average molecular weight is 314 g/mol. The SMILES string of the molecule is N#Cc1cc([N+](=O)[O-])ccc1C(c1ccccc1)c1ccccc1. The average Bonchev–Trinajstić information content (AvgIpc) is 2.64. The summed E-state index contributed by atoms with van der Waals surface area (Å²) in [6.45, 7) is 0. The van der Waals surface area contributed by atoms with Gasteiger partial charge in [-0.1, -0.05) is 60.7 Å². The third-order valence-corrected chi connectivity index (χ3v) is 3.94. The summed E-state index contributed by atoms with van der Waals surface area (Å²) in [6, 6.07) is 26.2. The second kappa shape index (κ2) is 6.76. The topological polar surface area (TPSA) is 66.9 Å². The molecule has 0 atom stereocenters. The van der Waals surface area contributed by atoms with E-state index in [1.807, 2.05) is 60.7 Å². The Hall–Kier alpha value is -3.45. The van der Waals surface area contributed by atoms with Gasteiger partial charge in [-0.2, -0.15) is 5.26 Å². The fourth-order valence-electron chi connectivity index (χ4n) is 2.85. The number of nitro groups is 1. The smallest absolute Gasteiger partial charge is 0.258 e. The predicted molar refractivity (Wildman–Crippen MR) is 91.6 cm³/mol. The van der Waals surface area contributed by atoms with Crippen molar-refractivity contribution in [1.29, 1.82) is 5.26 Å². The van der Waals surface area contributed by atoms with Gasteiger partial charge in [-0.05, 0) is 22.8 Å². The summed E-state index contributed by atoms with van der Waals surface area (Å²) < 4.78 is 0. The van der Waals surface area contributed by atoms with E-state index in [2.05, 4.69) is 6.07 Å².